The number of nitrogens with zero attached hydrogens (tertiary/aromatic N) is 4. The maximum absolute atomic E-state index is 10.2. The van der Waals surface area contributed by atoms with Gasteiger partial charge in [0, 0.05) is 10.8 Å². The van der Waals surface area contributed by atoms with Gasteiger partial charge < -0.3 is 9.80 Å². The zero-order valence-corrected chi connectivity index (χ0v) is 24.2. The van der Waals surface area contributed by atoms with Crippen LogP contribution in [0.1, 0.15) is 61.1 Å². The molecule has 5 aromatic carbocycles. The molecule has 0 N–H and O–H groups in total. The Bertz CT molecular complexity index is 1740. The molecular formula is C38H30N4. The molecular weight excluding hydrogens is 512 g/mol. The monoisotopic (exact) mass is 542 g/mol. The van der Waals surface area contributed by atoms with E-state index in [0.29, 0.717) is 11.1 Å². The van der Waals surface area contributed by atoms with E-state index in [4.69, 9.17) is 0 Å². The van der Waals surface area contributed by atoms with Gasteiger partial charge in [-0.1, -0.05) is 100 Å². The molecule has 0 aliphatic carbocycles. The van der Waals surface area contributed by atoms with E-state index in [2.05, 4.69) is 147 Å². The Labute approximate surface area is 247 Å². The summed E-state index contributed by atoms with van der Waals surface area (Å²) in [5.74, 6) is 0. The van der Waals surface area contributed by atoms with Crippen LogP contribution in [0.2, 0.25) is 0 Å². The fourth-order valence-electron chi connectivity index (χ4n) is 6.98. The van der Waals surface area contributed by atoms with Gasteiger partial charge in [-0.25, -0.2) is 0 Å². The van der Waals surface area contributed by atoms with E-state index in [1.807, 2.05) is 12.1 Å². The summed E-state index contributed by atoms with van der Waals surface area (Å²) in [5, 5.41) is 20.4. The Morgan fingerprint density at radius 1 is 0.429 bits per heavy atom. The van der Waals surface area contributed by atoms with Crippen molar-refractivity contribution < 1.29 is 0 Å². The highest BCUT2D eigenvalue weighted by Gasteiger charge is 2.40. The zero-order valence-electron chi connectivity index (χ0n) is 24.2. The van der Waals surface area contributed by atoms with Crippen molar-refractivity contribution in [2.75, 3.05) is 9.80 Å². The summed E-state index contributed by atoms with van der Waals surface area (Å²) < 4.78 is 0. The maximum Gasteiger partial charge on any atom is 0.101 e. The summed E-state index contributed by atoms with van der Waals surface area (Å²) in [4.78, 5) is 4.55. The largest absolute Gasteiger partial charge is 0.308 e. The normalized spacial score (nSPS) is 15.4. The number of anilines is 6. The van der Waals surface area contributed by atoms with E-state index in [0.717, 1.165) is 34.1 Å². The van der Waals surface area contributed by atoms with Gasteiger partial charge in [-0.05, 0) is 58.7 Å². The molecule has 0 atom stereocenters. The number of hydrogen-bond donors (Lipinski definition) is 0. The number of rotatable bonds is 2. The first-order chi connectivity index (χ1) is 20.3. The molecule has 2 aliphatic rings. The number of benzene rings is 5. The van der Waals surface area contributed by atoms with Gasteiger partial charge in [0.15, 0.2) is 0 Å². The molecule has 0 saturated heterocycles. The summed E-state index contributed by atoms with van der Waals surface area (Å²) in [7, 11) is 0. The first-order valence-corrected chi connectivity index (χ1v) is 14.3. The lowest BCUT2D eigenvalue weighted by atomic mass is 9.73. The van der Waals surface area contributed by atoms with E-state index < -0.39 is 0 Å². The van der Waals surface area contributed by atoms with E-state index in [1.165, 1.54) is 22.3 Å². The van der Waals surface area contributed by atoms with Crippen LogP contribution in [-0.4, -0.2) is 0 Å². The molecule has 0 amide bonds. The van der Waals surface area contributed by atoms with Crippen LogP contribution in [0, 0.1) is 22.7 Å². The summed E-state index contributed by atoms with van der Waals surface area (Å²) in [6.45, 7) is 9.06. The molecule has 4 heteroatoms. The molecule has 42 heavy (non-hydrogen) atoms. The zero-order chi connectivity index (χ0) is 29.2. The van der Waals surface area contributed by atoms with Crippen LogP contribution in [-0.2, 0) is 10.8 Å². The molecule has 0 bridgehead atoms. The summed E-state index contributed by atoms with van der Waals surface area (Å²) in [6.07, 6.45) is 0. The lowest BCUT2D eigenvalue weighted by Gasteiger charge is -2.45. The Morgan fingerprint density at radius 3 is 0.952 bits per heavy atom. The molecule has 4 nitrogen and oxygen atoms in total. The molecule has 0 radical (unpaired) electrons. The maximum atomic E-state index is 10.2. The van der Waals surface area contributed by atoms with Crippen LogP contribution >= 0.6 is 0 Å². The quantitative estimate of drug-likeness (QED) is 0.223. The molecule has 202 valence electrons. The van der Waals surface area contributed by atoms with Crippen LogP contribution in [0.15, 0.2) is 109 Å². The van der Waals surface area contributed by atoms with Crippen molar-refractivity contribution >= 4 is 34.1 Å². The van der Waals surface area contributed by atoms with Gasteiger partial charge in [-0.3, -0.25) is 0 Å². The second-order valence-corrected chi connectivity index (χ2v) is 12.1. The standard InChI is InChI=1S/C38H30N4/c1-37(2)27-13-5-9-17-31(27)41(32-18-10-6-14-28(32)37)35-21-25(23-39)26(24-40)22-36(35)42-33-19-11-7-15-29(33)38(3,4)30-16-8-12-20-34(30)42/h5-22H,1-4H3. The summed E-state index contributed by atoms with van der Waals surface area (Å²) >= 11 is 0. The van der Waals surface area contributed by atoms with Crippen molar-refractivity contribution in [3.8, 4) is 12.1 Å². The van der Waals surface area contributed by atoms with Crippen LogP contribution in [0.3, 0.4) is 0 Å². The molecule has 0 saturated carbocycles. The Morgan fingerprint density at radius 2 is 0.690 bits per heavy atom. The minimum Gasteiger partial charge on any atom is -0.308 e. The third kappa shape index (κ3) is 3.46. The predicted octanol–water partition coefficient (Wildman–Crippen LogP) is 9.65. The fraction of sp³-hybridized carbons (Fsp3) is 0.158. The first kappa shape index (κ1) is 25.6. The average Bonchev–Trinajstić information content (AvgIpc) is 3.01. The molecule has 0 fully saturated rings. The average molecular weight is 543 g/mol. The van der Waals surface area contributed by atoms with Crippen molar-refractivity contribution in [3.05, 3.63) is 143 Å². The van der Waals surface area contributed by atoms with Crippen molar-refractivity contribution in [2.45, 2.75) is 38.5 Å². The second kappa shape index (κ2) is 9.10. The second-order valence-electron chi connectivity index (χ2n) is 12.1. The third-order valence-electron chi connectivity index (χ3n) is 9.11. The molecule has 0 spiro atoms. The Hall–Kier alpha value is -5.32. The van der Waals surface area contributed by atoms with Crippen molar-refractivity contribution in [1.82, 2.24) is 0 Å². The molecule has 2 aliphatic heterocycles. The van der Waals surface area contributed by atoms with Gasteiger partial charge in [0.1, 0.15) is 12.1 Å². The van der Waals surface area contributed by atoms with Crippen LogP contribution in [0.25, 0.3) is 0 Å². The number of fused-ring (bicyclic) bond motifs is 4. The molecule has 7 rings (SSSR count). The molecule has 2 heterocycles. The van der Waals surface area contributed by atoms with Crippen molar-refractivity contribution in [3.63, 3.8) is 0 Å². The van der Waals surface area contributed by atoms with Crippen LogP contribution in [0.4, 0.5) is 34.1 Å². The first-order valence-electron chi connectivity index (χ1n) is 14.3. The summed E-state index contributed by atoms with van der Waals surface area (Å²) in [6, 6.07) is 42.4. The number of nitriles is 2. The van der Waals surface area contributed by atoms with E-state index >= 15 is 0 Å². The lowest BCUT2D eigenvalue weighted by Crippen LogP contribution is -2.33. The van der Waals surface area contributed by atoms with Gasteiger partial charge in [-0.2, -0.15) is 10.5 Å². The van der Waals surface area contributed by atoms with Crippen molar-refractivity contribution in [2.24, 2.45) is 0 Å². The minimum atomic E-state index is -0.219. The fourth-order valence-corrected chi connectivity index (χ4v) is 6.98. The van der Waals surface area contributed by atoms with Gasteiger partial charge in [0.05, 0.1) is 45.3 Å². The Kier molecular flexibility index (Phi) is 5.55. The van der Waals surface area contributed by atoms with Gasteiger partial charge in [0.25, 0.3) is 0 Å². The highest BCUT2D eigenvalue weighted by molar-refractivity contribution is 5.97. The van der Waals surface area contributed by atoms with Crippen LogP contribution in [0.5, 0.6) is 0 Å². The van der Waals surface area contributed by atoms with Gasteiger partial charge >= 0.3 is 0 Å². The molecule has 5 aromatic rings. The predicted molar refractivity (Wildman–Crippen MR) is 169 cm³/mol. The summed E-state index contributed by atoms with van der Waals surface area (Å²) in [5.41, 5.74) is 11.1. The highest BCUT2D eigenvalue weighted by Crippen LogP contribution is 2.57. The smallest absolute Gasteiger partial charge is 0.101 e. The van der Waals surface area contributed by atoms with E-state index in [-0.39, 0.29) is 10.8 Å². The van der Waals surface area contributed by atoms with Gasteiger partial charge in [0.2, 0.25) is 0 Å². The Balaban J connectivity index is 1.61. The number of para-hydroxylation sites is 4. The topological polar surface area (TPSA) is 54.1 Å². The molecule has 0 unspecified atom stereocenters. The lowest BCUT2D eigenvalue weighted by molar-refractivity contribution is 0.630. The SMILES string of the molecule is CC1(C)c2ccccc2N(c2cc(C#N)c(C#N)cc2N2c3ccccc3C(C)(C)c3ccccc32)c2ccccc21. The van der Waals surface area contributed by atoms with Gasteiger partial charge in [-0.15, -0.1) is 0 Å². The third-order valence-corrected chi connectivity index (χ3v) is 9.11. The molecule has 0 aromatic heterocycles. The van der Waals surface area contributed by atoms with Crippen molar-refractivity contribution in [1.29, 1.82) is 10.5 Å². The number of hydrogen-bond acceptors (Lipinski definition) is 4. The van der Waals surface area contributed by atoms with E-state index in [9.17, 15) is 10.5 Å². The highest BCUT2D eigenvalue weighted by atomic mass is 15.2. The minimum absolute atomic E-state index is 0.219. The van der Waals surface area contributed by atoms with E-state index in [1.54, 1.807) is 0 Å². The van der Waals surface area contributed by atoms with Crippen LogP contribution < -0.4 is 9.80 Å².